The number of carbonyl (C=O) groups excluding carboxylic acids is 3. The lowest BCUT2D eigenvalue weighted by atomic mass is 9.95. The predicted molar refractivity (Wildman–Crippen MR) is 121 cm³/mol. The van der Waals surface area contributed by atoms with Crippen LogP contribution in [0.5, 0.6) is 0 Å². The molecule has 3 amide bonds. The Labute approximate surface area is 183 Å². The maximum atomic E-state index is 12.9. The Morgan fingerprint density at radius 1 is 0.935 bits per heavy atom. The third-order valence-corrected chi connectivity index (χ3v) is 6.21. The Morgan fingerprint density at radius 2 is 1.65 bits per heavy atom. The molecule has 0 bridgehead atoms. The number of likely N-dealkylation sites (tertiary alicyclic amines) is 1. The highest BCUT2D eigenvalue weighted by Crippen LogP contribution is 2.30. The van der Waals surface area contributed by atoms with Gasteiger partial charge in [-0.3, -0.25) is 14.4 Å². The first-order valence-corrected chi connectivity index (χ1v) is 11.1. The van der Waals surface area contributed by atoms with Crippen LogP contribution < -0.4 is 10.2 Å². The molecule has 0 aromatic heterocycles. The fourth-order valence-electron chi connectivity index (χ4n) is 4.40. The molecule has 4 rings (SSSR count). The highest BCUT2D eigenvalue weighted by molar-refractivity contribution is 6.02. The number of nitrogens with zero attached hydrogens (tertiary/aromatic N) is 2. The van der Waals surface area contributed by atoms with Crippen molar-refractivity contribution in [2.75, 3.05) is 29.9 Å². The lowest BCUT2D eigenvalue weighted by molar-refractivity contribution is -0.134. The van der Waals surface area contributed by atoms with E-state index in [-0.39, 0.29) is 23.6 Å². The number of hydrogen-bond donors (Lipinski definition) is 1. The van der Waals surface area contributed by atoms with Gasteiger partial charge in [-0.2, -0.15) is 0 Å². The number of hydrogen-bond acceptors (Lipinski definition) is 3. The van der Waals surface area contributed by atoms with Gasteiger partial charge < -0.3 is 15.1 Å². The molecule has 2 fully saturated rings. The van der Waals surface area contributed by atoms with Gasteiger partial charge in [-0.05, 0) is 43.4 Å². The summed E-state index contributed by atoms with van der Waals surface area (Å²) in [5, 5.41) is 3.03. The van der Waals surface area contributed by atoms with Crippen molar-refractivity contribution in [3.8, 4) is 0 Å². The van der Waals surface area contributed by atoms with Gasteiger partial charge in [0.15, 0.2) is 0 Å². The van der Waals surface area contributed by atoms with Crippen molar-refractivity contribution in [1.82, 2.24) is 4.90 Å². The molecule has 0 saturated carbocycles. The van der Waals surface area contributed by atoms with E-state index < -0.39 is 0 Å². The van der Waals surface area contributed by atoms with Crippen LogP contribution in [0.15, 0.2) is 54.6 Å². The molecule has 6 nitrogen and oxygen atoms in total. The molecule has 0 unspecified atom stereocenters. The molecular formula is C25H29N3O3. The highest BCUT2D eigenvalue weighted by Gasteiger charge is 2.29. The number of aryl methyl sites for hydroxylation is 1. The molecule has 6 heteroatoms. The van der Waals surface area contributed by atoms with E-state index in [2.05, 4.69) is 5.32 Å². The minimum absolute atomic E-state index is 0.0320. The Morgan fingerprint density at radius 3 is 2.35 bits per heavy atom. The third-order valence-electron chi connectivity index (χ3n) is 6.21. The minimum Gasteiger partial charge on any atom is -0.343 e. The first-order chi connectivity index (χ1) is 15.1. The van der Waals surface area contributed by atoms with E-state index in [1.54, 1.807) is 4.90 Å². The van der Waals surface area contributed by atoms with Crippen molar-refractivity contribution in [3.63, 3.8) is 0 Å². The van der Waals surface area contributed by atoms with E-state index in [4.69, 9.17) is 0 Å². The quantitative estimate of drug-likeness (QED) is 0.777. The zero-order valence-electron chi connectivity index (χ0n) is 17.8. The Bertz CT molecular complexity index is 936. The van der Waals surface area contributed by atoms with E-state index in [1.165, 1.54) is 5.56 Å². The second-order valence-corrected chi connectivity index (χ2v) is 8.30. The van der Waals surface area contributed by atoms with Crippen LogP contribution in [0.2, 0.25) is 0 Å². The zero-order chi connectivity index (χ0) is 21.6. The summed E-state index contributed by atoms with van der Waals surface area (Å²) in [6, 6.07) is 17.5. The van der Waals surface area contributed by atoms with Crippen LogP contribution in [-0.2, 0) is 20.8 Å². The van der Waals surface area contributed by atoms with Gasteiger partial charge in [0.2, 0.25) is 17.7 Å². The topological polar surface area (TPSA) is 69.7 Å². The fraction of sp³-hybridized carbons (Fsp3) is 0.400. The van der Waals surface area contributed by atoms with Gasteiger partial charge in [0.1, 0.15) is 0 Å². The summed E-state index contributed by atoms with van der Waals surface area (Å²) in [7, 11) is 0. The largest absolute Gasteiger partial charge is 0.343 e. The monoisotopic (exact) mass is 419 g/mol. The molecule has 0 atom stereocenters. The summed E-state index contributed by atoms with van der Waals surface area (Å²) in [6.45, 7) is 1.91. The normalized spacial score (nSPS) is 17.1. The highest BCUT2D eigenvalue weighted by atomic mass is 16.2. The second kappa shape index (κ2) is 9.77. The molecule has 2 aromatic rings. The summed E-state index contributed by atoms with van der Waals surface area (Å²) in [5.41, 5.74) is 2.62. The van der Waals surface area contributed by atoms with E-state index in [0.29, 0.717) is 51.0 Å². The van der Waals surface area contributed by atoms with Crippen molar-refractivity contribution in [2.24, 2.45) is 5.92 Å². The number of benzene rings is 2. The van der Waals surface area contributed by atoms with Crippen LogP contribution in [0.3, 0.4) is 0 Å². The summed E-state index contributed by atoms with van der Waals surface area (Å²) < 4.78 is 0. The molecule has 0 aliphatic carbocycles. The zero-order valence-corrected chi connectivity index (χ0v) is 17.8. The standard InChI is InChI=1S/C25H29N3O3/c29-23(13-12-19-7-2-1-3-8-19)27-17-14-20(15-18-27)25(31)26-21-9-4-5-10-22(21)28-16-6-11-24(28)30/h1-5,7-10,20H,6,11-18H2,(H,26,31). The molecule has 2 aliphatic heterocycles. The van der Waals surface area contributed by atoms with Gasteiger partial charge in [-0.1, -0.05) is 42.5 Å². The third kappa shape index (κ3) is 5.13. The van der Waals surface area contributed by atoms with Gasteiger partial charge in [0.05, 0.1) is 11.4 Å². The van der Waals surface area contributed by atoms with Crippen LogP contribution in [0.25, 0.3) is 0 Å². The maximum Gasteiger partial charge on any atom is 0.227 e. The average Bonchev–Trinajstić information content (AvgIpc) is 3.24. The van der Waals surface area contributed by atoms with Crippen LogP contribution in [0.1, 0.15) is 37.7 Å². The molecule has 1 N–H and O–H groups in total. The Kier molecular flexibility index (Phi) is 6.65. The van der Waals surface area contributed by atoms with Gasteiger partial charge in [-0.15, -0.1) is 0 Å². The first-order valence-electron chi connectivity index (χ1n) is 11.1. The van der Waals surface area contributed by atoms with E-state index >= 15 is 0 Å². The number of amides is 3. The lowest BCUT2D eigenvalue weighted by Gasteiger charge is -2.31. The van der Waals surface area contributed by atoms with Crippen LogP contribution >= 0.6 is 0 Å². The number of piperidine rings is 1. The van der Waals surface area contributed by atoms with Gasteiger partial charge in [-0.25, -0.2) is 0 Å². The smallest absolute Gasteiger partial charge is 0.227 e. The van der Waals surface area contributed by atoms with Crippen molar-refractivity contribution >= 4 is 29.1 Å². The number of nitrogens with one attached hydrogen (secondary N) is 1. The molecule has 2 heterocycles. The number of rotatable bonds is 6. The molecule has 162 valence electrons. The van der Waals surface area contributed by atoms with E-state index in [0.717, 1.165) is 18.5 Å². The molecule has 0 spiro atoms. The Balaban J connectivity index is 1.29. The molecular weight excluding hydrogens is 390 g/mol. The van der Waals surface area contributed by atoms with Crippen molar-refractivity contribution < 1.29 is 14.4 Å². The number of anilines is 2. The maximum absolute atomic E-state index is 12.9. The molecule has 2 aliphatic rings. The summed E-state index contributed by atoms with van der Waals surface area (Å²) in [6.07, 6.45) is 3.96. The Hall–Kier alpha value is -3.15. The van der Waals surface area contributed by atoms with Crippen molar-refractivity contribution in [1.29, 1.82) is 0 Å². The van der Waals surface area contributed by atoms with Gasteiger partial charge in [0, 0.05) is 38.4 Å². The molecule has 0 radical (unpaired) electrons. The predicted octanol–water partition coefficient (Wildman–Crippen LogP) is 3.62. The second-order valence-electron chi connectivity index (χ2n) is 8.30. The summed E-state index contributed by atoms with van der Waals surface area (Å²) in [5.74, 6) is 0.0978. The molecule has 2 aromatic carbocycles. The van der Waals surface area contributed by atoms with E-state index in [9.17, 15) is 14.4 Å². The average molecular weight is 420 g/mol. The summed E-state index contributed by atoms with van der Waals surface area (Å²) in [4.78, 5) is 41.2. The lowest BCUT2D eigenvalue weighted by Crippen LogP contribution is -2.41. The summed E-state index contributed by atoms with van der Waals surface area (Å²) >= 11 is 0. The number of para-hydroxylation sites is 2. The van der Waals surface area contributed by atoms with Crippen LogP contribution in [0, 0.1) is 5.92 Å². The van der Waals surface area contributed by atoms with E-state index in [1.807, 2.05) is 59.5 Å². The first kappa shape index (κ1) is 21.1. The SMILES string of the molecule is O=C(Nc1ccccc1N1CCCC1=O)C1CCN(C(=O)CCc2ccccc2)CC1. The van der Waals surface area contributed by atoms with Crippen LogP contribution in [-0.4, -0.2) is 42.3 Å². The molecule has 2 saturated heterocycles. The van der Waals surface area contributed by atoms with Crippen molar-refractivity contribution in [3.05, 3.63) is 60.2 Å². The van der Waals surface area contributed by atoms with Crippen LogP contribution in [0.4, 0.5) is 11.4 Å². The van der Waals surface area contributed by atoms with Gasteiger partial charge >= 0.3 is 0 Å². The molecule has 31 heavy (non-hydrogen) atoms. The minimum atomic E-state index is -0.125. The number of carbonyl (C=O) groups is 3. The van der Waals surface area contributed by atoms with Gasteiger partial charge in [0.25, 0.3) is 0 Å². The fourth-order valence-corrected chi connectivity index (χ4v) is 4.40. The van der Waals surface area contributed by atoms with Crippen molar-refractivity contribution in [2.45, 2.75) is 38.5 Å².